The van der Waals surface area contributed by atoms with Crippen molar-refractivity contribution in [2.24, 2.45) is 0 Å². The van der Waals surface area contributed by atoms with Crippen LogP contribution in [0.4, 0.5) is 0 Å². The summed E-state index contributed by atoms with van der Waals surface area (Å²) in [6.07, 6.45) is 7.10. The van der Waals surface area contributed by atoms with Crippen LogP contribution in [0.15, 0.2) is 42.1 Å². The molecule has 0 bridgehead atoms. The molecule has 0 atom stereocenters. The summed E-state index contributed by atoms with van der Waals surface area (Å²) in [6, 6.07) is 13.0. The van der Waals surface area contributed by atoms with Crippen molar-refractivity contribution in [3.8, 4) is 17.6 Å². The number of methoxy groups -OCH3 is 1. The van der Waals surface area contributed by atoms with E-state index in [-0.39, 0.29) is 18.6 Å². The fraction of sp³-hybridized carbons (Fsp3) is 0.320. The second kappa shape index (κ2) is 10.2. The minimum absolute atomic E-state index is 0.115. The fourth-order valence-electron chi connectivity index (χ4n) is 4.25. The Balaban J connectivity index is 1.55. The normalized spacial score (nSPS) is 17.7. The molecule has 6 nitrogen and oxygen atoms in total. The molecule has 2 aromatic carbocycles. The minimum Gasteiger partial charge on any atom is -0.493 e. The topological polar surface area (TPSA) is 74.6 Å². The summed E-state index contributed by atoms with van der Waals surface area (Å²) in [7, 11) is 1.53. The summed E-state index contributed by atoms with van der Waals surface area (Å²) < 4.78 is 11.4. The first-order chi connectivity index (χ1) is 16.0. The van der Waals surface area contributed by atoms with E-state index in [1.165, 1.54) is 13.5 Å². The van der Waals surface area contributed by atoms with Crippen molar-refractivity contribution in [1.82, 2.24) is 10.2 Å². The zero-order valence-electron chi connectivity index (χ0n) is 18.3. The zero-order chi connectivity index (χ0) is 23.4. The molecule has 2 fully saturated rings. The van der Waals surface area contributed by atoms with Crippen LogP contribution >= 0.6 is 23.8 Å². The van der Waals surface area contributed by atoms with Crippen molar-refractivity contribution in [1.29, 1.82) is 5.26 Å². The second-order valence-corrected chi connectivity index (χ2v) is 8.84. The molecule has 0 radical (unpaired) electrons. The van der Waals surface area contributed by atoms with Crippen molar-refractivity contribution < 1.29 is 14.3 Å². The molecule has 0 spiro atoms. The summed E-state index contributed by atoms with van der Waals surface area (Å²) in [4.78, 5) is 14.7. The predicted octanol–water partition coefficient (Wildman–Crippen LogP) is 5.19. The number of benzene rings is 2. The number of hydrogen-bond acceptors (Lipinski definition) is 5. The maximum atomic E-state index is 13.0. The monoisotopic (exact) mass is 481 g/mol. The lowest BCUT2D eigenvalue weighted by Crippen LogP contribution is -2.41. The highest BCUT2D eigenvalue weighted by Crippen LogP contribution is 2.38. The van der Waals surface area contributed by atoms with E-state index >= 15 is 0 Å². The van der Waals surface area contributed by atoms with Crippen molar-refractivity contribution >= 4 is 40.9 Å². The van der Waals surface area contributed by atoms with E-state index in [1.807, 2.05) is 12.1 Å². The average molecular weight is 482 g/mol. The van der Waals surface area contributed by atoms with Crippen LogP contribution in [0.2, 0.25) is 5.02 Å². The Kier molecular flexibility index (Phi) is 7.17. The number of rotatable bonds is 6. The summed E-state index contributed by atoms with van der Waals surface area (Å²) in [6.45, 7) is 0.172. The van der Waals surface area contributed by atoms with Crippen LogP contribution in [0.1, 0.15) is 48.8 Å². The average Bonchev–Trinajstić information content (AvgIpc) is 3.11. The Hall–Kier alpha value is -3.08. The molecular formula is C25H24ClN3O3S. The molecule has 2 aromatic rings. The van der Waals surface area contributed by atoms with Gasteiger partial charge < -0.3 is 14.8 Å². The first-order valence-corrected chi connectivity index (χ1v) is 11.6. The van der Waals surface area contributed by atoms with Gasteiger partial charge in [0.05, 0.1) is 23.8 Å². The van der Waals surface area contributed by atoms with Crippen LogP contribution in [-0.4, -0.2) is 29.1 Å². The number of halogens is 1. The quantitative estimate of drug-likeness (QED) is 0.452. The van der Waals surface area contributed by atoms with Gasteiger partial charge in [0.1, 0.15) is 12.3 Å². The van der Waals surface area contributed by atoms with E-state index in [2.05, 4.69) is 11.4 Å². The Morgan fingerprint density at radius 3 is 2.76 bits per heavy atom. The third-order valence-corrected chi connectivity index (χ3v) is 6.50. The third-order valence-electron chi connectivity index (χ3n) is 5.92. The highest BCUT2D eigenvalue weighted by atomic mass is 35.5. The number of carbonyl (C=O) groups excluding carboxylic acids is 1. The molecular weight excluding hydrogens is 458 g/mol. The largest absolute Gasteiger partial charge is 0.493 e. The Morgan fingerprint density at radius 1 is 1.27 bits per heavy atom. The fourth-order valence-corrected chi connectivity index (χ4v) is 4.87. The predicted molar refractivity (Wildman–Crippen MR) is 131 cm³/mol. The molecule has 1 aliphatic heterocycles. The highest BCUT2D eigenvalue weighted by molar-refractivity contribution is 7.80. The molecule has 170 valence electrons. The van der Waals surface area contributed by atoms with Gasteiger partial charge in [0.25, 0.3) is 5.91 Å². The molecule has 1 saturated heterocycles. The maximum absolute atomic E-state index is 13.0. The standard InChI is InChI=1S/C25H24ClN3O3S/c1-31-22-13-16(11-20(26)23(22)32-15-18-8-6-5-7-17(18)14-27)12-21-24(30)29(25(33)28-21)19-9-3-2-4-10-19/h5-8,11-13,19H,2-4,9-10,15H2,1H3,(H,28,33)/b21-12-. The number of ether oxygens (including phenoxy) is 2. The molecule has 0 aromatic heterocycles. The molecule has 4 rings (SSSR count). The van der Waals surface area contributed by atoms with Gasteiger partial charge in [-0.25, -0.2) is 0 Å². The summed E-state index contributed by atoms with van der Waals surface area (Å²) >= 11 is 12.0. The number of carbonyl (C=O) groups is 1. The van der Waals surface area contributed by atoms with Gasteiger partial charge in [0, 0.05) is 11.6 Å². The summed E-state index contributed by atoms with van der Waals surface area (Å²) in [5.41, 5.74) is 2.39. The Labute approximate surface area is 203 Å². The lowest BCUT2D eigenvalue weighted by molar-refractivity contribution is -0.124. The number of nitriles is 1. The van der Waals surface area contributed by atoms with E-state index in [0.29, 0.717) is 38.5 Å². The minimum atomic E-state index is -0.115. The molecule has 1 amide bonds. The molecule has 0 unspecified atom stereocenters. The number of nitrogens with one attached hydrogen (secondary N) is 1. The van der Waals surface area contributed by atoms with E-state index in [1.54, 1.807) is 35.2 Å². The Bertz CT molecular complexity index is 1150. The molecule has 1 saturated carbocycles. The van der Waals surface area contributed by atoms with E-state index in [9.17, 15) is 10.1 Å². The number of hydrogen-bond donors (Lipinski definition) is 1. The van der Waals surface area contributed by atoms with Crippen molar-refractivity contribution in [3.05, 3.63) is 63.8 Å². The van der Waals surface area contributed by atoms with Gasteiger partial charge in [-0.1, -0.05) is 49.1 Å². The molecule has 1 heterocycles. The van der Waals surface area contributed by atoms with Crippen LogP contribution in [0.25, 0.3) is 6.08 Å². The van der Waals surface area contributed by atoms with Gasteiger partial charge in [0.15, 0.2) is 16.6 Å². The lowest BCUT2D eigenvalue weighted by Gasteiger charge is -2.29. The van der Waals surface area contributed by atoms with Gasteiger partial charge in [0.2, 0.25) is 0 Å². The summed E-state index contributed by atoms with van der Waals surface area (Å²) in [5, 5.41) is 13.1. The molecule has 1 N–H and O–H groups in total. The first-order valence-electron chi connectivity index (χ1n) is 10.9. The van der Waals surface area contributed by atoms with Crippen molar-refractivity contribution in [2.75, 3.05) is 7.11 Å². The van der Waals surface area contributed by atoms with Crippen LogP contribution in [0.3, 0.4) is 0 Å². The van der Waals surface area contributed by atoms with Gasteiger partial charge in [-0.15, -0.1) is 0 Å². The molecule has 1 aliphatic carbocycles. The zero-order valence-corrected chi connectivity index (χ0v) is 19.8. The maximum Gasteiger partial charge on any atom is 0.276 e. The van der Waals surface area contributed by atoms with Crippen molar-refractivity contribution in [3.63, 3.8) is 0 Å². The molecule has 2 aliphatic rings. The smallest absolute Gasteiger partial charge is 0.276 e. The molecule has 33 heavy (non-hydrogen) atoms. The second-order valence-electron chi connectivity index (χ2n) is 8.05. The number of thiocarbonyl (C=S) groups is 1. The number of nitrogens with zero attached hydrogens (tertiary/aromatic N) is 2. The van der Waals surface area contributed by atoms with Crippen molar-refractivity contribution in [2.45, 2.75) is 44.8 Å². The van der Waals surface area contributed by atoms with E-state index in [4.69, 9.17) is 33.3 Å². The van der Waals surface area contributed by atoms with Gasteiger partial charge in [-0.3, -0.25) is 9.69 Å². The van der Waals surface area contributed by atoms with Gasteiger partial charge in [-0.2, -0.15) is 5.26 Å². The number of amides is 1. The van der Waals surface area contributed by atoms with Gasteiger partial charge in [-0.05, 0) is 54.9 Å². The van der Waals surface area contributed by atoms with E-state index < -0.39 is 0 Å². The van der Waals surface area contributed by atoms with Crippen LogP contribution in [0, 0.1) is 11.3 Å². The van der Waals surface area contributed by atoms with Gasteiger partial charge >= 0.3 is 0 Å². The van der Waals surface area contributed by atoms with Crippen LogP contribution in [0.5, 0.6) is 11.5 Å². The van der Waals surface area contributed by atoms with E-state index in [0.717, 1.165) is 31.2 Å². The molecule has 8 heteroatoms. The first kappa shape index (κ1) is 23.1. The summed E-state index contributed by atoms with van der Waals surface area (Å²) in [5.74, 6) is 0.690. The third kappa shape index (κ3) is 4.97. The van der Waals surface area contributed by atoms with Crippen LogP contribution < -0.4 is 14.8 Å². The van der Waals surface area contributed by atoms with Crippen LogP contribution in [-0.2, 0) is 11.4 Å². The Morgan fingerprint density at radius 2 is 2.03 bits per heavy atom. The highest BCUT2D eigenvalue weighted by Gasteiger charge is 2.36. The SMILES string of the molecule is COc1cc(/C=C2\NC(=S)N(C3CCCCC3)C2=O)cc(Cl)c1OCc1ccccc1C#N. The lowest BCUT2D eigenvalue weighted by atomic mass is 9.94.